The van der Waals surface area contributed by atoms with Crippen molar-refractivity contribution in [2.45, 2.75) is 55.3 Å². The van der Waals surface area contributed by atoms with Crippen LogP contribution >= 0.6 is 0 Å². The molecule has 1 aliphatic carbocycles. The van der Waals surface area contributed by atoms with Crippen LogP contribution in [0.2, 0.25) is 0 Å². The number of rotatable bonds is 4. The van der Waals surface area contributed by atoms with Crippen molar-refractivity contribution in [3.63, 3.8) is 0 Å². The van der Waals surface area contributed by atoms with Crippen LogP contribution < -0.4 is 22.1 Å². The number of urea groups is 1. The molecule has 38 heavy (non-hydrogen) atoms. The van der Waals surface area contributed by atoms with Gasteiger partial charge in [0.1, 0.15) is 18.6 Å². The minimum absolute atomic E-state index is 0.0580. The number of aliphatic imine (C=N–C) groups is 2. The zero-order chi connectivity index (χ0) is 27.0. The van der Waals surface area contributed by atoms with E-state index in [4.69, 9.17) is 11.5 Å². The predicted molar refractivity (Wildman–Crippen MR) is 135 cm³/mol. The number of nitrogens with zero attached hydrogens (tertiary/aromatic N) is 5. The molecular formula is C24H31N9O5. The fourth-order valence-corrected chi connectivity index (χ4v) is 6.50. The Bertz CT molecular complexity index is 1300. The monoisotopic (exact) mass is 525 g/mol. The standard InChI is InChI=1S/C24H31N9O5/c1-31-11-17(34)32(22(31)36)9-15-18-23(30-20(25)29-18)24(37,38)16(10-33(23)21(26)27-15)28-19(35)14-8-4-6-12-5-2-3-7-13(12)14/h4,6,8,15-16,18,37-38H,2-3,5,7,9-11H2,1H3,(H2,26,27)(H,28,35)(H3,25,29,30)/t15?,16?,18?,23-/m0/s1. The number of amides is 4. The van der Waals surface area contributed by atoms with Gasteiger partial charge >= 0.3 is 6.03 Å². The molecule has 4 heterocycles. The number of hydrogen-bond donors (Lipinski definition) is 6. The van der Waals surface area contributed by atoms with Crippen LogP contribution in [-0.4, -0.2) is 111 Å². The van der Waals surface area contributed by atoms with E-state index in [-0.39, 0.29) is 31.6 Å². The molecule has 0 bridgehead atoms. The zero-order valence-electron chi connectivity index (χ0n) is 20.9. The van der Waals surface area contributed by atoms with Crippen LogP contribution in [0.4, 0.5) is 4.79 Å². The number of carbonyl (C=O) groups is 3. The molecule has 3 unspecified atom stereocenters. The Morgan fingerprint density at radius 2 is 1.97 bits per heavy atom. The van der Waals surface area contributed by atoms with E-state index in [9.17, 15) is 24.6 Å². The largest absolute Gasteiger partial charge is 0.370 e. The lowest BCUT2D eigenvalue weighted by atomic mass is 9.84. The van der Waals surface area contributed by atoms with Gasteiger partial charge in [-0.25, -0.2) is 14.8 Å². The summed E-state index contributed by atoms with van der Waals surface area (Å²) in [6, 6.07) is 1.96. The van der Waals surface area contributed by atoms with Gasteiger partial charge in [0.2, 0.25) is 11.7 Å². The second kappa shape index (κ2) is 8.30. The third-order valence-corrected chi connectivity index (χ3v) is 8.35. The summed E-state index contributed by atoms with van der Waals surface area (Å²) in [5.74, 6) is -3.58. The van der Waals surface area contributed by atoms with E-state index in [1.54, 1.807) is 6.07 Å². The Balaban J connectivity index is 1.31. The molecule has 0 saturated carbocycles. The fraction of sp³-hybridized carbons (Fsp3) is 0.542. The molecule has 4 atom stereocenters. The lowest BCUT2D eigenvalue weighted by molar-refractivity contribution is -0.230. The first-order valence-corrected chi connectivity index (χ1v) is 12.7. The van der Waals surface area contributed by atoms with E-state index in [0.29, 0.717) is 5.56 Å². The maximum atomic E-state index is 13.4. The molecule has 202 valence electrons. The minimum Gasteiger partial charge on any atom is -0.370 e. The summed E-state index contributed by atoms with van der Waals surface area (Å²) in [7, 11) is 1.51. The number of nitrogens with one attached hydrogen (secondary N) is 2. The summed E-state index contributed by atoms with van der Waals surface area (Å²) in [6.07, 6.45) is 3.72. The van der Waals surface area contributed by atoms with Gasteiger partial charge in [-0.3, -0.25) is 14.5 Å². The van der Waals surface area contributed by atoms with Crippen molar-refractivity contribution in [1.82, 2.24) is 25.3 Å². The number of imide groups is 1. The smallest absolute Gasteiger partial charge is 0.327 e. The summed E-state index contributed by atoms with van der Waals surface area (Å²) < 4.78 is 0. The van der Waals surface area contributed by atoms with Crippen molar-refractivity contribution >= 4 is 29.8 Å². The second-order valence-corrected chi connectivity index (χ2v) is 10.6. The number of fused-ring (bicyclic) bond motifs is 1. The molecule has 4 amide bonds. The highest BCUT2D eigenvalue weighted by atomic mass is 16.5. The zero-order valence-corrected chi connectivity index (χ0v) is 20.9. The number of hydrogen-bond acceptors (Lipinski definition) is 11. The van der Waals surface area contributed by atoms with E-state index in [2.05, 4.69) is 20.6 Å². The summed E-state index contributed by atoms with van der Waals surface area (Å²) >= 11 is 0. The number of aryl methyl sites for hydroxylation is 1. The highest BCUT2D eigenvalue weighted by Crippen LogP contribution is 2.45. The number of benzene rings is 1. The summed E-state index contributed by atoms with van der Waals surface area (Å²) in [5.41, 5.74) is 13.2. The van der Waals surface area contributed by atoms with Gasteiger partial charge in [0.25, 0.3) is 5.91 Å². The molecule has 2 saturated heterocycles. The molecule has 1 aromatic rings. The molecule has 0 aromatic heterocycles. The van der Waals surface area contributed by atoms with Gasteiger partial charge in [0.05, 0.1) is 12.6 Å². The van der Waals surface area contributed by atoms with Gasteiger partial charge in [0.15, 0.2) is 17.6 Å². The Kier molecular flexibility index (Phi) is 5.33. The van der Waals surface area contributed by atoms with Crippen molar-refractivity contribution in [3.05, 3.63) is 34.9 Å². The number of likely N-dealkylation sites (N-methyl/N-ethyl adjacent to an activating group) is 1. The van der Waals surface area contributed by atoms with Crippen LogP contribution in [-0.2, 0) is 17.6 Å². The predicted octanol–water partition coefficient (Wildman–Crippen LogP) is -2.77. The number of carbonyl (C=O) groups excluding carboxylic acids is 3. The van der Waals surface area contributed by atoms with Crippen molar-refractivity contribution in [2.24, 2.45) is 21.5 Å². The van der Waals surface area contributed by atoms with Gasteiger partial charge in [-0.15, -0.1) is 0 Å². The number of aliphatic hydroxyl groups is 2. The SMILES string of the molecule is CN1CC(=O)N(CC2N=C(N)N3CC(NC(=O)c4cccc5c4CCCC5)C(O)(O)[C@@]34NC(N)=NC24)C1=O. The second-order valence-electron chi connectivity index (χ2n) is 10.6. The lowest BCUT2D eigenvalue weighted by Crippen LogP contribution is -2.78. The van der Waals surface area contributed by atoms with Crippen LogP contribution in [0.1, 0.15) is 34.3 Å². The third-order valence-electron chi connectivity index (χ3n) is 8.35. The average molecular weight is 526 g/mol. The topological polar surface area (TPSA) is 202 Å². The Labute approximate surface area is 218 Å². The van der Waals surface area contributed by atoms with E-state index in [1.807, 2.05) is 12.1 Å². The van der Waals surface area contributed by atoms with Crippen molar-refractivity contribution in [1.29, 1.82) is 0 Å². The van der Waals surface area contributed by atoms with E-state index >= 15 is 0 Å². The normalized spacial score (nSPS) is 31.3. The highest BCUT2D eigenvalue weighted by molar-refractivity contribution is 6.02. The lowest BCUT2D eigenvalue weighted by Gasteiger charge is -2.49. The average Bonchev–Trinajstić information content (AvgIpc) is 3.44. The third kappa shape index (κ3) is 3.29. The first kappa shape index (κ1) is 24.4. The van der Waals surface area contributed by atoms with Crippen LogP contribution in [0.5, 0.6) is 0 Å². The maximum absolute atomic E-state index is 13.4. The minimum atomic E-state index is -2.61. The van der Waals surface area contributed by atoms with Gasteiger partial charge in [-0.2, -0.15) is 0 Å². The van der Waals surface area contributed by atoms with Crippen LogP contribution in [0.15, 0.2) is 28.2 Å². The summed E-state index contributed by atoms with van der Waals surface area (Å²) in [4.78, 5) is 51.0. The Hall–Kier alpha value is -3.91. The van der Waals surface area contributed by atoms with Crippen LogP contribution in [0.25, 0.3) is 0 Å². The van der Waals surface area contributed by atoms with Gasteiger partial charge in [0, 0.05) is 19.2 Å². The number of guanidine groups is 2. The van der Waals surface area contributed by atoms with Crippen molar-refractivity contribution in [3.8, 4) is 0 Å². The number of nitrogens with two attached hydrogens (primary N) is 2. The van der Waals surface area contributed by atoms with E-state index in [0.717, 1.165) is 41.7 Å². The molecule has 1 spiro atoms. The fourth-order valence-electron chi connectivity index (χ4n) is 6.50. The van der Waals surface area contributed by atoms with Crippen molar-refractivity contribution < 1.29 is 24.6 Å². The first-order valence-electron chi connectivity index (χ1n) is 12.7. The molecule has 6 rings (SSSR count). The summed E-state index contributed by atoms with van der Waals surface area (Å²) in [6.45, 7) is -0.339. The van der Waals surface area contributed by atoms with E-state index < -0.39 is 47.4 Å². The molecule has 4 aliphatic heterocycles. The van der Waals surface area contributed by atoms with Gasteiger partial charge < -0.3 is 42.1 Å². The molecule has 14 heteroatoms. The molecule has 1 aromatic carbocycles. The molecular weight excluding hydrogens is 494 g/mol. The van der Waals surface area contributed by atoms with Crippen LogP contribution in [0, 0.1) is 0 Å². The molecule has 2 fully saturated rings. The van der Waals surface area contributed by atoms with Crippen LogP contribution in [0.3, 0.4) is 0 Å². The highest BCUT2D eigenvalue weighted by Gasteiger charge is 2.73. The van der Waals surface area contributed by atoms with Gasteiger partial charge in [-0.1, -0.05) is 12.1 Å². The molecule has 8 N–H and O–H groups in total. The molecule has 14 nitrogen and oxygen atoms in total. The summed E-state index contributed by atoms with van der Waals surface area (Å²) in [5, 5.41) is 29.0. The van der Waals surface area contributed by atoms with E-state index in [1.165, 1.54) is 16.8 Å². The quantitative estimate of drug-likeness (QED) is 0.178. The molecule has 0 radical (unpaired) electrons. The van der Waals surface area contributed by atoms with Crippen molar-refractivity contribution in [2.75, 3.05) is 26.7 Å². The first-order chi connectivity index (χ1) is 18.0. The Morgan fingerprint density at radius 3 is 2.71 bits per heavy atom. The van der Waals surface area contributed by atoms with Gasteiger partial charge in [-0.05, 0) is 42.9 Å². The Morgan fingerprint density at radius 1 is 1.21 bits per heavy atom. The molecule has 5 aliphatic rings. The maximum Gasteiger partial charge on any atom is 0.327 e.